The van der Waals surface area contributed by atoms with Gasteiger partial charge in [0, 0.05) is 12.7 Å². The van der Waals surface area contributed by atoms with Gasteiger partial charge in [-0.3, -0.25) is 24.7 Å². The Labute approximate surface area is 116 Å². The van der Waals surface area contributed by atoms with E-state index in [2.05, 4.69) is 15.6 Å². The standard InChI is InChI=1S/C13H16N4O3/c1-3-15-10-6-14-5-4-9(10)13(20)17-7-11(18)16-12(19)8(17)2/h4-6,8,15H,3,7H2,1-2H3,(H,16,18,19). The minimum absolute atomic E-state index is 0.125. The predicted octanol–water partition coefficient (Wildman–Crippen LogP) is 0.000500. The number of carbonyl (C=O) groups is 3. The van der Waals surface area contributed by atoms with Crippen molar-refractivity contribution in [1.29, 1.82) is 0 Å². The van der Waals surface area contributed by atoms with Crippen LogP contribution in [0.15, 0.2) is 18.5 Å². The molecule has 1 atom stereocenters. The summed E-state index contributed by atoms with van der Waals surface area (Å²) in [7, 11) is 0. The van der Waals surface area contributed by atoms with Gasteiger partial charge in [-0.15, -0.1) is 0 Å². The molecule has 1 saturated heterocycles. The van der Waals surface area contributed by atoms with Crippen molar-refractivity contribution >= 4 is 23.4 Å². The van der Waals surface area contributed by atoms with E-state index in [1.54, 1.807) is 19.2 Å². The number of pyridine rings is 1. The Morgan fingerprint density at radius 3 is 3.00 bits per heavy atom. The van der Waals surface area contributed by atoms with Crippen molar-refractivity contribution in [3.05, 3.63) is 24.0 Å². The highest BCUT2D eigenvalue weighted by Crippen LogP contribution is 2.18. The van der Waals surface area contributed by atoms with Gasteiger partial charge in [-0.1, -0.05) is 0 Å². The topological polar surface area (TPSA) is 91.4 Å². The molecule has 2 heterocycles. The highest BCUT2D eigenvalue weighted by molar-refractivity contribution is 6.08. The molecule has 0 radical (unpaired) electrons. The second kappa shape index (κ2) is 5.68. The van der Waals surface area contributed by atoms with E-state index in [0.717, 1.165) is 0 Å². The van der Waals surface area contributed by atoms with Crippen molar-refractivity contribution in [2.75, 3.05) is 18.4 Å². The van der Waals surface area contributed by atoms with Crippen LogP contribution in [-0.4, -0.2) is 46.7 Å². The average Bonchev–Trinajstić information content (AvgIpc) is 2.43. The van der Waals surface area contributed by atoms with E-state index in [1.807, 2.05) is 6.92 Å². The third kappa shape index (κ3) is 2.61. The molecule has 0 aliphatic carbocycles. The third-order valence-corrected chi connectivity index (χ3v) is 3.10. The molecule has 3 amide bonds. The first-order valence-electron chi connectivity index (χ1n) is 6.37. The van der Waals surface area contributed by atoms with E-state index in [-0.39, 0.29) is 12.5 Å². The third-order valence-electron chi connectivity index (χ3n) is 3.10. The minimum Gasteiger partial charge on any atom is -0.383 e. The van der Waals surface area contributed by atoms with Gasteiger partial charge < -0.3 is 10.2 Å². The number of carbonyl (C=O) groups excluding carboxylic acids is 3. The summed E-state index contributed by atoms with van der Waals surface area (Å²) in [6, 6.07) is 0.896. The van der Waals surface area contributed by atoms with Gasteiger partial charge in [0.1, 0.15) is 12.6 Å². The zero-order chi connectivity index (χ0) is 14.7. The van der Waals surface area contributed by atoms with Crippen molar-refractivity contribution in [2.45, 2.75) is 19.9 Å². The van der Waals surface area contributed by atoms with Crippen LogP contribution in [0.3, 0.4) is 0 Å². The SMILES string of the molecule is CCNc1cnccc1C(=O)N1CC(=O)NC(=O)C1C. The van der Waals surface area contributed by atoms with Crippen molar-refractivity contribution in [1.82, 2.24) is 15.2 Å². The second-order valence-electron chi connectivity index (χ2n) is 4.47. The lowest BCUT2D eigenvalue weighted by Gasteiger charge is -2.32. The highest BCUT2D eigenvalue weighted by Gasteiger charge is 2.34. The van der Waals surface area contributed by atoms with Crippen LogP contribution < -0.4 is 10.6 Å². The van der Waals surface area contributed by atoms with Crippen LogP contribution in [0.2, 0.25) is 0 Å². The van der Waals surface area contributed by atoms with Gasteiger partial charge in [0.05, 0.1) is 17.4 Å². The van der Waals surface area contributed by atoms with Gasteiger partial charge in [0.15, 0.2) is 0 Å². The molecule has 0 spiro atoms. The summed E-state index contributed by atoms with van der Waals surface area (Å²) < 4.78 is 0. The molecule has 0 saturated carbocycles. The maximum Gasteiger partial charge on any atom is 0.257 e. The summed E-state index contributed by atoms with van der Waals surface area (Å²) in [6.07, 6.45) is 3.05. The summed E-state index contributed by atoms with van der Waals surface area (Å²) in [5.74, 6) is -1.30. The Morgan fingerprint density at radius 1 is 1.55 bits per heavy atom. The van der Waals surface area contributed by atoms with Crippen molar-refractivity contribution < 1.29 is 14.4 Å². The number of piperazine rings is 1. The maximum atomic E-state index is 12.5. The average molecular weight is 276 g/mol. The predicted molar refractivity (Wildman–Crippen MR) is 72.0 cm³/mol. The zero-order valence-corrected chi connectivity index (χ0v) is 11.3. The largest absolute Gasteiger partial charge is 0.383 e. The van der Waals surface area contributed by atoms with Crippen LogP contribution in [0.1, 0.15) is 24.2 Å². The molecule has 7 heteroatoms. The van der Waals surface area contributed by atoms with Gasteiger partial charge in [0.25, 0.3) is 5.91 Å². The van der Waals surface area contributed by atoms with Crippen LogP contribution in [0, 0.1) is 0 Å². The minimum atomic E-state index is -0.678. The van der Waals surface area contributed by atoms with E-state index in [4.69, 9.17) is 0 Å². The first kappa shape index (κ1) is 14.0. The molecule has 0 bridgehead atoms. The van der Waals surface area contributed by atoms with E-state index in [9.17, 15) is 14.4 Å². The van der Waals surface area contributed by atoms with Crippen LogP contribution in [0.25, 0.3) is 0 Å². The van der Waals surface area contributed by atoms with Crippen molar-refractivity contribution in [3.63, 3.8) is 0 Å². The van der Waals surface area contributed by atoms with Crippen LogP contribution in [0.4, 0.5) is 5.69 Å². The van der Waals surface area contributed by atoms with Gasteiger partial charge in [-0.05, 0) is 19.9 Å². The fourth-order valence-electron chi connectivity index (χ4n) is 2.03. The molecule has 2 rings (SSSR count). The second-order valence-corrected chi connectivity index (χ2v) is 4.47. The molecule has 1 aliphatic heterocycles. The molecule has 1 fully saturated rings. The first-order chi connectivity index (χ1) is 9.54. The quantitative estimate of drug-likeness (QED) is 0.758. The Balaban J connectivity index is 2.30. The number of rotatable bonds is 3. The Bertz CT molecular complexity index is 558. The fraction of sp³-hybridized carbons (Fsp3) is 0.385. The monoisotopic (exact) mass is 276 g/mol. The highest BCUT2D eigenvalue weighted by atomic mass is 16.2. The smallest absolute Gasteiger partial charge is 0.257 e. The van der Waals surface area contributed by atoms with Gasteiger partial charge in [0.2, 0.25) is 11.8 Å². The number of hydrogen-bond donors (Lipinski definition) is 2. The number of aromatic nitrogens is 1. The first-order valence-corrected chi connectivity index (χ1v) is 6.37. The molecular formula is C13H16N4O3. The molecule has 106 valence electrons. The molecule has 7 nitrogen and oxygen atoms in total. The zero-order valence-electron chi connectivity index (χ0n) is 11.3. The summed E-state index contributed by atoms with van der Waals surface area (Å²) in [5.41, 5.74) is 0.988. The number of nitrogens with one attached hydrogen (secondary N) is 2. The Morgan fingerprint density at radius 2 is 2.30 bits per heavy atom. The van der Waals surface area contributed by atoms with Crippen molar-refractivity contribution in [2.24, 2.45) is 0 Å². The number of anilines is 1. The van der Waals surface area contributed by atoms with E-state index >= 15 is 0 Å². The summed E-state index contributed by atoms with van der Waals surface area (Å²) >= 11 is 0. The van der Waals surface area contributed by atoms with E-state index in [1.165, 1.54) is 11.1 Å². The van der Waals surface area contributed by atoms with Gasteiger partial charge >= 0.3 is 0 Å². The van der Waals surface area contributed by atoms with Crippen molar-refractivity contribution in [3.8, 4) is 0 Å². The molecule has 20 heavy (non-hydrogen) atoms. The fourth-order valence-corrected chi connectivity index (χ4v) is 2.03. The molecular weight excluding hydrogens is 260 g/mol. The lowest BCUT2D eigenvalue weighted by molar-refractivity contribution is -0.138. The molecule has 1 aromatic heterocycles. The number of hydrogen-bond acceptors (Lipinski definition) is 5. The summed E-state index contributed by atoms with van der Waals surface area (Å²) in [5, 5.41) is 5.24. The molecule has 1 aliphatic rings. The lowest BCUT2D eigenvalue weighted by Crippen LogP contribution is -2.58. The van der Waals surface area contributed by atoms with Crippen LogP contribution in [0.5, 0.6) is 0 Å². The van der Waals surface area contributed by atoms with Gasteiger partial charge in [-0.2, -0.15) is 0 Å². The van der Waals surface area contributed by atoms with E-state index in [0.29, 0.717) is 17.8 Å². The lowest BCUT2D eigenvalue weighted by atomic mass is 10.1. The number of nitrogens with zero attached hydrogens (tertiary/aromatic N) is 2. The molecule has 1 aromatic rings. The Kier molecular flexibility index (Phi) is 3.97. The Hall–Kier alpha value is -2.44. The summed E-state index contributed by atoms with van der Waals surface area (Å²) in [4.78, 5) is 40.8. The summed E-state index contributed by atoms with van der Waals surface area (Å²) in [6.45, 7) is 4.01. The van der Waals surface area contributed by atoms with Gasteiger partial charge in [-0.25, -0.2) is 0 Å². The maximum absolute atomic E-state index is 12.5. The molecule has 1 unspecified atom stereocenters. The molecule has 2 N–H and O–H groups in total. The number of imide groups is 1. The normalized spacial score (nSPS) is 18.7. The number of amides is 3. The van der Waals surface area contributed by atoms with Crippen LogP contribution >= 0.6 is 0 Å². The van der Waals surface area contributed by atoms with Crippen LogP contribution in [-0.2, 0) is 9.59 Å². The molecule has 0 aromatic carbocycles. The van der Waals surface area contributed by atoms with E-state index < -0.39 is 17.9 Å².